The lowest BCUT2D eigenvalue weighted by Gasteiger charge is -2.10. The lowest BCUT2D eigenvalue weighted by atomic mass is 10.2. The molecule has 1 nitrogen and oxygen atoms in total. The quantitative estimate of drug-likeness (QED) is 0.625. The number of hydrogen-bond acceptors (Lipinski definition) is 1. The van der Waals surface area contributed by atoms with Gasteiger partial charge >= 0.3 is 0 Å². The second kappa shape index (κ2) is 5.96. The van der Waals surface area contributed by atoms with Crippen LogP contribution in [0.25, 0.3) is 0 Å². The van der Waals surface area contributed by atoms with Gasteiger partial charge in [0.15, 0.2) is 0 Å². The average molecular weight is 346 g/mol. The Hall–Kier alpha value is -0.700. The second-order valence-electron chi connectivity index (χ2n) is 3.90. The minimum atomic E-state index is 0.469. The van der Waals surface area contributed by atoms with Crippen molar-refractivity contribution in [2.24, 2.45) is 0 Å². The summed E-state index contributed by atoms with van der Waals surface area (Å²) in [6, 6.07) is 11.3. The predicted molar refractivity (Wildman–Crippen MR) is 80.0 cm³/mol. The maximum absolute atomic E-state index is 5.96. The maximum atomic E-state index is 5.96. The smallest absolute Gasteiger partial charge is 0.131 e. The van der Waals surface area contributed by atoms with Crippen LogP contribution in [0.3, 0.4) is 0 Å². The molecule has 2 aromatic rings. The monoisotopic (exact) mass is 344 g/mol. The van der Waals surface area contributed by atoms with Crippen LogP contribution in [0.15, 0.2) is 40.9 Å². The highest BCUT2D eigenvalue weighted by Crippen LogP contribution is 2.31. The van der Waals surface area contributed by atoms with E-state index in [0.717, 1.165) is 27.1 Å². The molecule has 18 heavy (non-hydrogen) atoms. The average Bonchev–Trinajstić information content (AvgIpc) is 2.34. The van der Waals surface area contributed by atoms with Crippen molar-refractivity contribution in [1.29, 1.82) is 0 Å². The number of halogens is 3. The molecule has 2 aromatic carbocycles. The summed E-state index contributed by atoms with van der Waals surface area (Å²) in [5.41, 5.74) is 2.07. The molecular formula is C14H11BrCl2O. The van der Waals surface area contributed by atoms with Crippen LogP contribution < -0.4 is 4.74 Å². The number of ether oxygens (including phenoxy) is 1. The molecular weight excluding hydrogens is 335 g/mol. The first-order valence-corrected chi connectivity index (χ1v) is 7.09. The van der Waals surface area contributed by atoms with Crippen LogP contribution in [-0.2, 0) is 5.88 Å². The molecule has 0 heterocycles. The van der Waals surface area contributed by atoms with Gasteiger partial charge in [0.2, 0.25) is 0 Å². The molecule has 4 heteroatoms. The molecule has 0 spiro atoms. The summed E-state index contributed by atoms with van der Waals surface area (Å²) in [5.74, 6) is 1.98. The number of hydrogen-bond donors (Lipinski definition) is 0. The van der Waals surface area contributed by atoms with Gasteiger partial charge in [0.25, 0.3) is 0 Å². The summed E-state index contributed by atoms with van der Waals surface area (Å²) in [6.45, 7) is 1.98. The third kappa shape index (κ3) is 3.19. The normalized spacial score (nSPS) is 10.4. The van der Waals surface area contributed by atoms with Gasteiger partial charge < -0.3 is 4.74 Å². The molecule has 0 fully saturated rings. The summed E-state index contributed by atoms with van der Waals surface area (Å²) < 4.78 is 6.75. The Morgan fingerprint density at radius 1 is 1.17 bits per heavy atom. The Morgan fingerprint density at radius 2 is 1.94 bits per heavy atom. The lowest BCUT2D eigenvalue weighted by molar-refractivity contribution is 0.478. The van der Waals surface area contributed by atoms with Crippen LogP contribution in [0, 0.1) is 6.92 Å². The minimum Gasteiger partial charge on any atom is -0.457 e. The van der Waals surface area contributed by atoms with Gasteiger partial charge in [-0.2, -0.15) is 0 Å². The SMILES string of the molecule is Cc1ccc(Cl)cc1Oc1ccc(CCl)c(Br)c1. The van der Waals surface area contributed by atoms with Crippen molar-refractivity contribution in [2.75, 3.05) is 0 Å². The van der Waals surface area contributed by atoms with E-state index in [2.05, 4.69) is 15.9 Å². The van der Waals surface area contributed by atoms with E-state index in [1.54, 1.807) is 6.07 Å². The second-order valence-corrected chi connectivity index (χ2v) is 5.46. The molecule has 2 rings (SSSR count). The van der Waals surface area contributed by atoms with Crippen LogP contribution in [-0.4, -0.2) is 0 Å². The summed E-state index contributed by atoms with van der Waals surface area (Å²) in [5, 5.41) is 0.659. The van der Waals surface area contributed by atoms with Crippen molar-refractivity contribution < 1.29 is 4.74 Å². The van der Waals surface area contributed by atoms with Gasteiger partial charge in [0.1, 0.15) is 11.5 Å². The highest BCUT2D eigenvalue weighted by molar-refractivity contribution is 9.10. The van der Waals surface area contributed by atoms with E-state index in [1.165, 1.54) is 0 Å². The number of benzene rings is 2. The summed E-state index contributed by atoms with van der Waals surface area (Å²) in [7, 11) is 0. The topological polar surface area (TPSA) is 9.23 Å². The van der Waals surface area contributed by atoms with Gasteiger partial charge in [-0.3, -0.25) is 0 Å². The Bertz CT molecular complexity index is 570. The highest BCUT2D eigenvalue weighted by atomic mass is 79.9. The Kier molecular flexibility index (Phi) is 4.55. The molecule has 0 aliphatic carbocycles. The Morgan fingerprint density at radius 3 is 2.61 bits per heavy atom. The zero-order valence-corrected chi connectivity index (χ0v) is 12.8. The fourth-order valence-corrected chi connectivity index (χ4v) is 2.57. The highest BCUT2D eigenvalue weighted by Gasteiger charge is 2.05. The molecule has 0 aliphatic rings. The van der Waals surface area contributed by atoms with Crippen LogP contribution in [0.1, 0.15) is 11.1 Å². The van der Waals surface area contributed by atoms with Crippen LogP contribution >= 0.6 is 39.1 Å². The van der Waals surface area contributed by atoms with E-state index in [0.29, 0.717) is 10.9 Å². The molecule has 0 saturated carbocycles. The molecule has 0 aliphatic heterocycles. The minimum absolute atomic E-state index is 0.469. The van der Waals surface area contributed by atoms with Crippen LogP contribution in [0.2, 0.25) is 5.02 Å². The largest absolute Gasteiger partial charge is 0.457 e. The molecule has 0 saturated heterocycles. The maximum Gasteiger partial charge on any atom is 0.131 e. The Labute approximate surface area is 125 Å². The third-order valence-corrected chi connectivity index (χ3v) is 3.81. The van der Waals surface area contributed by atoms with E-state index < -0.39 is 0 Å². The van der Waals surface area contributed by atoms with Gasteiger partial charge in [-0.25, -0.2) is 0 Å². The molecule has 0 amide bonds. The van der Waals surface area contributed by atoms with Crippen molar-refractivity contribution in [2.45, 2.75) is 12.8 Å². The summed E-state index contributed by atoms with van der Waals surface area (Å²) in [4.78, 5) is 0. The number of rotatable bonds is 3. The van der Waals surface area contributed by atoms with Gasteiger partial charge in [-0.05, 0) is 42.3 Å². The van der Waals surface area contributed by atoms with Gasteiger partial charge in [0, 0.05) is 15.4 Å². The van der Waals surface area contributed by atoms with E-state index in [1.807, 2.05) is 37.3 Å². The zero-order chi connectivity index (χ0) is 13.1. The molecule has 0 unspecified atom stereocenters. The first-order chi connectivity index (χ1) is 8.60. The van der Waals surface area contributed by atoms with Crippen molar-refractivity contribution in [1.82, 2.24) is 0 Å². The third-order valence-electron chi connectivity index (χ3n) is 2.55. The lowest BCUT2D eigenvalue weighted by Crippen LogP contribution is -1.89. The van der Waals surface area contributed by atoms with Crippen LogP contribution in [0.4, 0.5) is 0 Å². The van der Waals surface area contributed by atoms with E-state index in [-0.39, 0.29) is 0 Å². The van der Waals surface area contributed by atoms with Gasteiger partial charge in [0.05, 0.1) is 0 Å². The van der Waals surface area contributed by atoms with Gasteiger partial charge in [-0.1, -0.05) is 39.7 Å². The van der Waals surface area contributed by atoms with E-state index in [4.69, 9.17) is 27.9 Å². The molecule has 0 atom stereocenters. The van der Waals surface area contributed by atoms with Crippen molar-refractivity contribution in [3.05, 3.63) is 57.0 Å². The first-order valence-electron chi connectivity index (χ1n) is 5.38. The van der Waals surface area contributed by atoms with E-state index >= 15 is 0 Å². The summed E-state index contributed by atoms with van der Waals surface area (Å²) in [6.07, 6.45) is 0. The first kappa shape index (κ1) is 13.7. The molecule has 0 radical (unpaired) electrons. The number of alkyl halides is 1. The fourth-order valence-electron chi connectivity index (χ4n) is 1.51. The van der Waals surface area contributed by atoms with Crippen molar-refractivity contribution in [3.63, 3.8) is 0 Å². The molecule has 94 valence electrons. The standard InChI is InChI=1S/C14H11BrCl2O/c1-9-2-4-11(17)6-14(9)18-12-5-3-10(8-16)13(15)7-12/h2-7H,8H2,1H3. The predicted octanol–water partition coefficient (Wildman–Crippen LogP) is 5.94. The fraction of sp³-hybridized carbons (Fsp3) is 0.143. The van der Waals surface area contributed by atoms with Crippen LogP contribution in [0.5, 0.6) is 11.5 Å². The number of aryl methyl sites for hydroxylation is 1. The van der Waals surface area contributed by atoms with Crippen molar-refractivity contribution in [3.8, 4) is 11.5 Å². The van der Waals surface area contributed by atoms with E-state index in [9.17, 15) is 0 Å². The molecule has 0 bridgehead atoms. The Balaban J connectivity index is 2.28. The van der Waals surface area contributed by atoms with Gasteiger partial charge in [-0.15, -0.1) is 11.6 Å². The molecule has 0 aromatic heterocycles. The zero-order valence-electron chi connectivity index (χ0n) is 9.71. The molecule has 0 N–H and O–H groups in total. The summed E-state index contributed by atoms with van der Waals surface area (Å²) >= 11 is 15.2. The van der Waals surface area contributed by atoms with Crippen molar-refractivity contribution >= 4 is 39.1 Å².